The van der Waals surface area contributed by atoms with E-state index in [9.17, 15) is 14.9 Å². The van der Waals surface area contributed by atoms with E-state index in [1.165, 1.54) is 25.3 Å². The van der Waals surface area contributed by atoms with E-state index >= 15 is 0 Å². The maximum Gasteiger partial charge on any atom is 0.271 e. The van der Waals surface area contributed by atoms with Crippen molar-refractivity contribution in [1.29, 1.82) is 0 Å². The molecule has 10 heteroatoms. The molecule has 0 unspecified atom stereocenters. The molecule has 0 saturated heterocycles. The van der Waals surface area contributed by atoms with Gasteiger partial charge in [-0.05, 0) is 24.3 Å². The van der Waals surface area contributed by atoms with Crippen LogP contribution in [0.15, 0.2) is 36.4 Å². The van der Waals surface area contributed by atoms with Gasteiger partial charge in [0.2, 0.25) is 5.91 Å². The average molecular weight is 395 g/mol. The molecule has 2 aromatic carbocycles. The van der Waals surface area contributed by atoms with Crippen molar-refractivity contribution in [3.8, 4) is 5.75 Å². The van der Waals surface area contributed by atoms with Gasteiger partial charge in [0.1, 0.15) is 5.75 Å². The summed E-state index contributed by atoms with van der Waals surface area (Å²) in [5.74, 6) is 0.0589. The molecule has 0 radical (unpaired) electrons. The molecule has 0 spiro atoms. The van der Waals surface area contributed by atoms with Gasteiger partial charge in [0, 0.05) is 23.7 Å². The predicted molar refractivity (Wildman–Crippen MR) is 104 cm³/mol. The number of aliphatic hydroxyl groups is 1. The zero-order valence-electron chi connectivity index (χ0n) is 14.5. The molecule has 27 heavy (non-hydrogen) atoms. The summed E-state index contributed by atoms with van der Waals surface area (Å²) >= 11 is 5.93. The number of anilines is 3. The number of nitrogens with one attached hydrogen (secondary N) is 3. The SMILES string of the molecule is COc1ccc(Cl)cc1NC(=O)CNc1cc([N+](=O)[O-])ccc1NCCO. The Balaban J connectivity index is 2.10. The van der Waals surface area contributed by atoms with Crippen LogP contribution in [-0.4, -0.2) is 42.7 Å². The molecule has 0 aromatic heterocycles. The molecule has 144 valence electrons. The van der Waals surface area contributed by atoms with E-state index in [1.54, 1.807) is 18.2 Å². The van der Waals surface area contributed by atoms with Crippen LogP contribution >= 0.6 is 11.6 Å². The van der Waals surface area contributed by atoms with Crippen molar-refractivity contribution in [1.82, 2.24) is 0 Å². The molecular weight excluding hydrogens is 376 g/mol. The summed E-state index contributed by atoms with van der Waals surface area (Å²) in [7, 11) is 1.47. The van der Waals surface area contributed by atoms with Gasteiger partial charge in [0.15, 0.2) is 0 Å². The first-order valence-electron chi connectivity index (χ1n) is 7.95. The summed E-state index contributed by atoms with van der Waals surface area (Å²) in [6, 6.07) is 8.97. The van der Waals surface area contributed by atoms with Crippen molar-refractivity contribution in [2.45, 2.75) is 0 Å². The highest BCUT2D eigenvalue weighted by atomic mass is 35.5. The van der Waals surface area contributed by atoms with Crippen molar-refractivity contribution >= 4 is 40.3 Å². The van der Waals surface area contributed by atoms with Gasteiger partial charge in [-0.2, -0.15) is 0 Å². The van der Waals surface area contributed by atoms with Gasteiger partial charge in [-0.1, -0.05) is 11.6 Å². The van der Waals surface area contributed by atoms with E-state index in [4.69, 9.17) is 21.4 Å². The molecule has 1 amide bonds. The Morgan fingerprint density at radius 1 is 1.19 bits per heavy atom. The number of nitro benzene ring substituents is 1. The van der Waals surface area contributed by atoms with Crippen LogP contribution < -0.4 is 20.7 Å². The van der Waals surface area contributed by atoms with Crippen LogP contribution in [0.5, 0.6) is 5.75 Å². The number of nitrogens with zero attached hydrogens (tertiary/aromatic N) is 1. The zero-order valence-corrected chi connectivity index (χ0v) is 15.2. The fraction of sp³-hybridized carbons (Fsp3) is 0.235. The number of hydrogen-bond acceptors (Lipinski definition) is 7. The number of halogens is 1. The lowest BCUT2D eigenvalue weighted by Crippen LogP contribution is -2.22. The zero-order chi connectivity index (χ0) is 19.8. The standard InChI is InChI=1S/C17H19ClN4O5/c1-27-16-5-2-11(18)8-15(16)21-17(24)10-20-14-9-12(22(25)26)3-4-13(14)19-6-7-23/h2-5,8-9,19-20,23H,6-7,10H2,1H3,(H,21,24). The number of amides is 1. The second-order valence-corrected chi connectivity index (χ2v) is 5.82. The fourth-order valence-electron chi connectivity index (χ4n) is 2.28. The molecule has 0 heterocycles. The van der Waals surface area contributed by atoms with E-state index in [2.05, 4.69) is 16.0 Å². The lowest BCUT2D eigenvalue weighted by molar-refractivity contribution is -0.384. The normalized spacial score (nSPS) is 10.2. The number of benzene rings is 2. The number of aliphatic hydroxyl groups excluding tert-OH is 1. The Labute approximate surface area is 160 Å². The smallest absolute Gasteiger partial charge is 0.271 e. The van der Waals surface area contributed by atoms with Gasteiger partial charge in [-0.3, -0.25) is 14.9 Å². The van der Waals surface area contributed by atoms with E-state index < -0.39 is 10.8 Å². The summed E-state index contributed by atoms with van der Waals surface area (Å²) in [6.45, 7) is 0.00845. The first kappa shape index (κ1) is 20.3. The molecule has 0 aliphatic rings. The Bertz CT molecular complexity index is 831. The third kappa shape index (κ3) is 5.73. The highest BCUT2D eigenvalue weighted by Crippen LogP contribution is 2.28. The van der Waals surface area contributed by atoms with Crippen LogP contribution in [0.2, 0.25) is 5.02 Å². The van der Waals surface area contributed by atoms with Crippen LogP contribution in [0.3, 0.4) is 0 Å². The monoisotopic (exact) mass is 394 g/mol. The minimum atomic E-state index is -0.530. The largest absolute Gasteiger partial charge is 0.495 e. The topological polar surface area (TPSA) is 126 Å². The molecule has 0 fully saturated rings. The van der Waals surface area contributed by atoms with E-state index in [0.29, 0.717) is 27.8 Å². The van der Waals surface area contributed by atoms with Crippen LogP contribution in [0.4, 0.5) is 22.7 Å². The summed E-state index contributed by atoms with van der Waals surface area (Å²) in [4.78, 5) is 22.7. The Morgan fingerprint density at radius 2 is 1.96 bits per heavy atom. The molecule has 2 aromatic rings. The lowest BCUT2D eigenvalue weighted by atomic mass is 10.2. The number of ether oxygens (including phenoxy) is 1. The van der Waals surface area contributed by atoms with E-state index in [1.807, 2.05) is 0 Å². The highest BCUT2D eigenvalue weighted by molar-refractivity contribution is 6.31. The number of carbonyl (C=O) groups excluding carboxylic acids is 1. The molecule has 0 aliphatic carbocycles. The predicted octanol–water partition coefficient (Wildman–Crippen LogP) is 2.71. The van der Waals surface area contributed by atoms with Crippen molar-refractivity contribution in [2.75, 3.05) is 42.8 Å². The maximum absolute atomic E-state index is 12.2. The maximum atomic E-state index is 12.2. The Kier molecular flexibility index (Phi) is 7.21. The highest BCUT2D eigenvalue weighted by Gasteiger charge is 2.13. The molecule has 9 nitrogen and oxygen atoms in total. The molecule has 0 atom stereocenters. The summed E-state index contributed by atoms with van der Waals surface area (Å²) in [5.41, 5.74) is 1.19. The third-order valence-corrected chi connectivity index (χ3v) is 3.75. The van der Waals surface area contributed by atoms with Crippen molar-refractivity contribution < 1.29 is 19.6 Å². The van der Waals surface area contributed by atoms with Crippen LogP contribution in [0.25, 0.3) is 0 Å². The number of nitro groups is 1. The third-order valence-electron chi connectivity index (χ3n) is 3.52. The fourth-order valence-corrected chi connectivity index (χ4v) is 2.46. The number of carbonyl (C=O) groups is 1. The van der Waals surface area contributed by atoms with Crippen molar-refractivity contribution in [3.63, 3.8) is 0 Å². The molecule has 0 aliphatic heterocycles. The number of hydrogen-bond donors (Lipinski definition) is 4. The molecule has 0 bridgehead atoms. The second-order valence-electron chi connectivity index (χ2n) is 5.38. The average Bonchev–Trinajstić information content (AvgIpc) is 2.65. The summed E-state index contributed by atoms with van der Waals surface area (Å²) in [6.07, 6.45) is 0. The number of non-ortho nitro benzene ring substituents is 1. The van der Waals surface area contributed by atoms with E-state index in [0.717, 1.165) is 0 Å². The van der Waals surface area contributed by atoms with Crippen LogP contribution in [-0.2, 0) is 4.79 Å². The first-order chi connectivity index (χ1) is 12.9. The summed E-state index contributed by atoms with van der Waals surface area (Å²) < 4.78 is 5.17. The van der Waals surface area contributed by atoms with Gasteiger partial charge in [-0.15, -0.1) is 0 Å². The van der Waals surface area contributed by atoms with Gasteiger partial charge in [-0.25, -0.2) is 0 Å². The Morgan fingerprint density at radius 3 is 2.63 bits per heavy atom. The molecule has 0 saturated carbocycles. The van der Waals surface area contributed by atoms with Gasteiger partial charge >= 0.3 is 0 Å². The Hall–Kier alpha value is -3.04. The first-order valence-corrected chi connectivity index (χ1v) is 8.33. The number of methoxy groups -OCH3 is 1. The minimum Gasteiger partial charge on any atom is -0.495 e. The quantitative estimate of drug-likeness (QED) is 0.380. The van der Waals surface area contributed by atoms with Crippen LogP contribution in [0, 0.1) is 10.1 Å². The van der Waals surface area contributed by atoms with Gasteiger partial charge < -0.3 is 25.8 Å². The van der Waals surface area contributed by atoms with Crippen LogP contribution in [0.1, 0.15) is 0 Å². The van der Waals surface area contributed by atoms with Crippen molar-refractivity contribution in [3.05, 3.63) is 51.5 Å². The van der Waals surface area contributed by atoms with Gasteiger partial charge in [0.05, 0.1) is 42.2 Å². The molecule has 2 rings (SSSR count). The summed E-state index contributed by atoms with van der Waals surface area (Å²) in [5, 5.41) is 28.8. The van der Waals surface area contributed by atoms with Gasteiger partial charge in [0.25, 0.3) is 5.69 Å². The lowest BCUT2D eigenvalue weighted by Gasteiger charge is -2.14. The van der Waals surface area contributed by atoms with E-state index in [-0.39, 0.29) is 25.4 Å². The molecule has 4 N–H and O–H groups in total. The van der Waals surface area contributed by atoms with Crippen molar-refractivity contribution in [2.24, 2.45) is 0 Å². The molecular formula is C17H19ClN4O5. The minimum absolute atomic E-state index is 0.106. The second kappa shape index (κ2) is 9.60. The number of rotatable bonds is 9.